The summed E-state index contributed by atoms with van der Waals surface area (Å²) in [4.78, 5) is 0.401. The van der Waals surface area contributed by atoms with E-state index in [2.05, 4.69) is 17.0 Å². The third-order valence-electron chi connectivity index (χ3n) is 4.38. The Labute approximate surface area is 121 Å². The van der Waals surface area contributed by atoms with Crippen molar-refractivity contribution in [1.29, 1.82) is 0 Å². The number of fused-ring (bicyclic) bond motifs is 1. The Balaban J connectivity index is 1.77. The molecule has 1 heterocycles. The maximum absolute atomic E-state index is 12.5. The van der Waals surface area contributed by atoms with Crippen molar-refractivity contribution in [3.63, 3.8) is 0 Å². The molecule has 1 saturated carbocycles. The Morgan fingerprint density at radius 2 is 2.00 bits per heavy atom. The smallest absolute Gasteiger partial charge is 0.240 e. The fraction of sp³-hybridized carbons (Fsp3) is 0.600. The molecule has 1 aliphatic carbocycles. The summed E-state index contributed by atoms with van der Waals surface area (Å²) in [6.45, 7) is 3.80. The van der Waals surface area contributed by atoms with E-state index in [-0.39, 0.29) is 6.04 Å². The summed E-state index contributed by atoms with van der Waals surface area (Å²) in [5, 5.41) is 3.24. The third-order valence-corrected chi connectivity index (χ3v) is 5.90. The van der Waals surface area contributed by atoms with Crippen LogP contribution in [0.4, 0.5) is 0 Å². The zero-order valence-corrected chi connectivity index (χ0v) is 12.7. The molecule has 1 fully saturated rings. The van der Waals surface area contributed by atoms with E-state index >= 15 is 0 Å². The summed E-state index contributed by atoms with van der Waals surface area (Å²) in [5.74, 6) is 0.612. The zero-order chi connectivity index (χ0) is 14.2. The molecule has 110 valence electrons. The van der Waals surface area contributed by atoms with Gasteiger partial charge in [-0.15, -0.1) is 0 Å². The molecule has 0 aromatic heterocycles. The normalized spacial score (nSPS) is 26.4. The molecule has 2 aliphatic rings. The lowest BCUT2D eigenvalue weighted by molar-refractivity contribution is 0.327. The standard InChI is InChI=1S/C15H22N2O2S/c1-11-3-2-4-14(7-11)17-20(18,19)15-6-5-12-9-16-10-13(12)8-15/h5-6,8,11,14,16-17H,2-4,7,9-10H2,1H3. The average molecular weight is 294 g/mol. The maximum Gasteiger partial charge on any atom is 0.240 e. The SMILES string of the molecule is CC1CCCC(NS(=O)(=O)c2ccc3c(c2)CNC3)C1. The molecular formula is C15H22N2O2S. The Hall–Kier alpha value is -0.910. The van der Waals surface area contributed by atoms with Crippen LogP contribution in [-0.2, 0) is 23.1 Å². The fourth-order valence-electron chi connectivity index (χ4n) is 3.27. The van der Waals surface area contributed by atoms with Gasteiger partial charge in [0.2, 0.25) is 10.0 Å². The van der Waals surface area contributed by atoms with Crippen LogP contribution in [0.25, 0.3) is 0 Å². The lowest BCUT2D eigenvalue weighted by Crippen LogP contribution is -2.37. The van der Waals surface area contributed by atoms with Crippen LogP contribution in [-0.4, -0.2) is 14.5 Å². The molecule has 3 rings (SSSR count). The highest BCUT2D eigenvalue weighted by atomic mass is 32.2. The minimum absolute atomic E-state index is 0.0927. The highest BCUT2D eigenvalue weighted by Crippen LogP contribution is 2.26. The van der Waals surface area contributed by atoms with Crippen molar-refractivity contribution in [2.45, 2.75) is 56.6 Å². The van der Waals surface area contributed by atoms with E-state index < -0.39 is 10.0 Å². The van der Waals surface area contributed by atoms with Crippen LogP contribution in [0.5, 0.6) is 0 Å². The van der Waals surface area contributed by atoms with Gasteiger partial charge in [0.05, 0.1) is 4.90 Å². The second kappa shape index (κ2) is 5.47. The van der Waals surface area contributed by atoms with Crippen LogP contribution in [0.3, 0.4) is 0 Å². The molecule has 1 aromatic carbocycles. The molecule has 1 aromatic rings. The van der Waals surface area contributed by atoms with E-state index in [4.69, 9.17) is 0 Å². The summed E-state index contributed by atoms with van der Waals surface area (Å²) in [7, 11) is -3.38. The molecule has 0 amide bonds. The van der Waals surface area contributed by atoms with Crippen molar-refractivity contribution < 1.29 is 8.42 Å². The van der Waals surface area contributed by atoms with Crippen molar-refractivity contribution >= 4 is 10.0 Å². The second-order valence-corrected chi connectivity index (χ2v) is 7.84. The van der Waals surface area contributed by atoms with Gasteiger partial charge in [-0.25, -0.2) is 13.1 Å². The topological polar surface area (TPSA) is 58.2 Å². The molecule has 2 atom stereocenters. The first-order valence-electron chi connectivity index (χ1n) is 7.39. The van der Waals surface area contributed by atoms with Gasteiger partial charge < -0.3 is 5.32 Å². The number of hydrogen-bond donors (Lipinski definition) is 2. The van der Waals surface area contributed by atoms with Gasteiger partial charge in [0, 0.05) is 19.1 Å². The van der Waals surface area contributed by atoms with E-state index in [0.29, 0.717) is 10.8 Å². The lowest BCUT2D eigenvalue weighted by Gasteiger charge is -2.27. The Bertz CT molecular complexity index is 598. The highest BCUT2D eigenvalue weighted by Gasteiger charge is 2.25. The lowest BCUT2D eigenvalue weighted by atomic mass is 9.88. The minimum atomic E-state index is -3.38. The number of nitrogens with one attached hydrogen (secondary N) is 2. The van der Waals surface area contributed by atoms with Crippen LogP contribution < -0.4 is 10.0 Å². The van der Waals surface area contributed by atoms with Gasteiger partial charge in [-0.2, -0.15) is 0 Å². The quantitative estimate of drug-likeness (QED) is 0.898. The van der Waals surface area contributed by atoms with E-state index in [0.717, 1.165) is 37.9 Å². The van der Waals surface area contributed by atoms with E-state index in [1.807, 2.05) is 12.1 Å². The largest absolute Gasteiger partial charge is 0.309 e. The summed E-state index contributed by atoms with van der Waals surface area (Å²) in [5.41, 5.74) is 2.31. The first-order chi connectivity index (χ1) is 9.54. The summed E-state index contributed by atoms with van der Waals surface area (Å²) in [6, 6.07) is 5.55. The Kier molecular flexibility index (Phi) is 3.84. The van der Waals surface area contributed by atoms with Gasteiger partial charge in [0.1, 0.15) is 0 Å². The van der Waals surface area contributed by atoms with E-state index in [1.54, 1.807) is 6.07 Å². The van der Waals surface area contributed by atoms with Gasteiger partial charge in [-0.3, -0.25) is 0 Å². The summed E-state index contributed by atoms with van der Waals surface area (Å²) >= 11 is 0. The van der Waals surface area contributed by atoms with E-state index in [1.165, 1.54) is 12.0 Å². The number of rotatable bonds is 3. The first-order valence-corrected chi connectivity index (χ1v) is 8.88. The number of benzene rings is 1. The van der Waals surface area contributed by atoms with Crippen molar-refractivity contribution in [2.75, 3.05) is 0 Å². The van der Waals surface area contributed by atoms with Crippen LogP contribution in [0, 0.1) is 5.92 Å². The monoisotopic (exact) mass is 294 g/mol. The third kappa shape index (κ3) is 2.90. The minimum Gasteiger partial charge on any atom is -0.309 e. The van der Waals surface area contributed by atoms with Gasteiger partial charge in [0.15, 0.2) is 0 Å². The van der Waals surface area contributed by atoms with Crippen LogP contribution in [0.15, 0.2) is 23.1 Å². The molecule has 2 N–H and O–H groups in total. The number of sulfonamides is 1. The Morgan fingerprint density at radius 3 is 2.80 bits per heavy atom. The molecule has 0 radical (unpaired) electrons. The van der Waals surface area contributed by atoms with Crippen LogP contribution in [0.2, 0.25) is 0 Å². The predicted octanol–water partition coefficient (Wildman–Crippen LogP) is 2.15. The first kappa shape index (κ1) is 14.0. The molecule has 0 spiro atoms. The molecule has 20 heavy (non-hydrogen) atoms. The van der Waals surface area contributed by atoms with Crippen molar-refractivity contribution in [2.24, 2.45) is 5.92 Å². The maximum atomic E-state index is 12.5. The van der Waals surface area contributed by atoms with Crippen molar-refractivity contribution in [3.05, 3.63) is 29.3 Å². The second-order valence-electron chi connectivity index (χ2n) is 6.12. The van der Waals surface area contributed by atoms with E-state index in [9.17, 15) is 8.42 Å². The van der Waals surface area contributed by atoms with Crippen LogP contribution >= 0.6 is 0 Å². The molecule has 0 saturated heterocycles. The predicted molar refractivity (Wildman–Crippen MR) is 78.7 cm³/mol. The van der Waals surface area contributed by atoms with Crippen molar-refractivity contribution in [3.8, 4) is 0 Å². The highest BCUT2D eigenvalue weighted by molar-refractivity contribution is 7.89. The van der Waals surface area contributed by atoms with Crippen LogP contribution in [0.1, 0.15) is 43.7 Å². The molecule has 2 unspecified atom stereocenters. The molecular weight excluding hydrogens is 272 g/mol. The molecule has 1 aliphatic heterocycles. The van der Waals surface area contributed by atoms with Gasteiger partial charge in [-0.1, -0.05) is 25.8 Å². The molecule has 5 heteroatoms. The fourth-order valence-corrected chi connectivity index (χ4v) is 4.60. The zero-order valence-electron chi connectivity index (χ0n) is 11.9. The average Bonchev–Trinajstić information content (AvgIpc) is 2.85. The molecule has 4 nitrogen and oxygen atoms in total. The Morgan fingerprint density at radius 1 is 1.20 bits per heavy atom. The van der Waals surface area contributed by atoms with Gasteiger partial charge in [0.25, 0.3) is 0 Å². The summed E-state index contributed by atoms with van der Waals surface area (Å²) in [6.07, 6.45) is 4.23. The summed E-state index contributed by atoms with van der Waals surface area (Å²) < 4.78 is 27.8. The van der Waals surface area contributed by atoms with Gasteiger partial charge in [-0.05, 0) is 42.0 Å². The molecule has 0 bridgehead atoms. The number of hydrogen-bond acceptors (Lipinski definition) is 3. The van der Waals surface area contributed by atoms with Gasteiger partial charge >= 0.3 is 0 Å². The van der Waals surface area contributed by atoms with Crippen molar-refractivity contribution in [1.82, 2.24) is 10.0 Å².